The van der Waals surface area contributed by atoms with Crippen molar-refractivity contribution < 1.29 is 23.0 Å². The van der Waals surface area contributed by atoms with Crippen LogP contribution in [0.1, 0.15) is 17.2 Å². The van der Waals surface area contributed by atoms with Crippen molar-refractivity contribution in [2.24, 2.45) is 0 Å². The third-order valence-corrected chi connectivity index (χ3v) is 7.95. The van der Waals surface area contributed by atoms with E-state index in [4.69, 9.17) is 9.47 Å². The minimum atomic E-state index is -3.80. The number of sulfonamides is 1. The summed E-state index contributed by atoms with van der Waals surface area (Å²) in [5.74, 6) is 0.974. The molecule has 0 fully saturated rings. The van der Waals surface area contributed by atoms with E-state index < -0.39 is 16.1 Å². The Hall–Kier alpha value is -3.89. The Bertz CT molecular complexity index is 1670. The number of hydrogen-bond donors (Lipinski definition) is 4. The highest BCUT2D eigenvalue weighted by Crippen LogP contribution is 2.29. The third kappa shape index (κ3) is 6.23. The number of hydrogen-bond acceptors (Lipinski definition) is 6. The molecule has 1 aromatic heterocycles. The van der Waals surface area contributed by atoms with Gasteiger partial charge in [-0.15, -0.1) is 0 Å². The number of nitrogens with one attached hydrogen (secondary N) is 3. The third-order valence-electron chi connectivity index (χ3n) is 6.51. The van der Waals surface area contributed by atoms with Crippen molar-refractivity contribution in [2.45, 2.75) is 17.6 Å². The maximum Gasteiger partial charge on any atom is 0.244 e. The Balaban J connectivity index is 1.17. The van der Waals surface area contributed by atoms with Crippen molar-refractivity contribution in [3.8, 4) is 11.5 Å². The van der Waals surface area contributed by atoms with Crippen molar-refractivity contribution in [3.05, 3.63) is 102 Å². The van der Waals surface area contributed by atoms with Gasteiger partial charge in [-0.3, -0.25) is 0 Å². The number of benzene rings is 4. The maximum absolute atomic E-state index is 12.7. The molecule has 39 heavy (non-hydrogen) atoms. The highest BCUT2D eigenvalue weighted by molar-refractivity contribution is 7.89. The van der Waals surface area contributed by atoms with Gasteiger partial charge in [0.05, 0.1) is 11.6 Å². The summed E-state index contributed by atoms with van der Waals surface area (Å²) in [4.78, 5) is 3.39. The molecule has 8 nitrogen and oxygen atoms in total. The number of para-hydroxylation sites is 1. The quantitative estimate of drug-likeness (QED) is 0.172. The second-order valence-electron chi connectivity index (χ2n) is 9.13. The predicted octanol–water partition coefficient (Wildman–Crippen LogP) is 4.51. The van der Waals surface area contributed by atoms with Gasteiger partial charge < -0.3 is 24.9 Å². The summed E-state index contributed by atoms with van der Waals surface area (Å²) >= 11 is 0. The fourth-order valence-electron chi connectivity index (χ4n) is 4.43. The molecular weight excluding hydrogens is 514 g/mol. The zero-order valence-corrected chi connectivity index (χ0v) is 22.4. The van der Waals surface area contributed by atoms with Gasteiger partial charge in [0.2, 0.25) is 10.0 Å². The Morgan fingerprint density at radius 2 is 1.64 bits per heavy atom. The van der Waals surface area contributed by atoms with E-state index in [0.29, 0.717) is 18.7 Å². The number of H-pyrrole nitrogens is 1. The van der Waals surface area contributed by atoms with Crippen LogP contribution in [0.3, 0.4) is 0 Å². The van der Waals surface area contributed by atoms with E-state index in [9.17, 15) is 13.5 Å². The standard InChI is InChI=1S/C30H31N3O5S/c1-31-39(35,36)30-17-22(11-14-29(30)38-20-21-7-3-2-4-8-21)28(34)19-32-15-16-37-23-12-13-25-24-9-5-6-10-26(24)33-27(25)18-23/h2-14,17-18,28,31-34H,15-16,19-20H2,1H3. The lowest BCUT2D eigenvalue weighted by atomic mass is 10.1. The van der Waals surface area contributed by atoms with E-state index >= 15 is 0 Å². The fourth-order valence-corrected chi connectivity index (χ4v) is 5.33. The molecule has 202 valence electrons. The van der Waals surface area contributed by atoms with Crippen LogP contribution in [0.4, 0.5) is 0 Å². The molecule has 9 heteroatoms. The number of aliphatic hydroxyl groups excluding tert-OH is 1. The van der Waals surface area contributed by atoms with Gasteiger partial charge in [0.1, 0.15) is 29.6 Å². The van der Waals surface area contributed by atoms with Crippen LogP contribution in [-0.4, -0.2) is 45.3 Å². The van der Waals surface area contributed by atoms with Crippen LogP contribution in [0.15, 0.2) is 95.9 Å². The summed E-state index contributed by atoms with van der Waals surface area (Å²) in [5, 5.41) is 16.2. The van der Waals surface area contributed by atoms with Gasteiger partial charge in [0.25, 0.3) is 0 Å². The first-order valence-electron chi connectivity index (χ1n) is 12.7. The molecule has 0 spiro atoms. The normalized spacial score (nSPS) is 12.6. The summed E-state index contributed by atoms with van der Waals surface area (Å²) in [6, 6.07) is 28.3. The zero-order valence-electron chi connectivity index (χ0n) is 21.6. The van der Waals surface area contributed by atoms with Crippen LogP contribution >= 0.6 is 0 Å². The molecule has 5 rings (SSSR count). The highest BCUT2D eigenvalue weighted by atomic mass is 32.2. The lowest BCUT2D eigenvalue weighted by Crippen LogP contribution is -2.26. The van der Waals surface area contributed by atoms with E-state index in [0.717, 1.165) is 27.7 Å². The average Bonchev–Trinajstić information content (AvgIpc) is 3.34. The van der Waals surface area contributed by atoms with E-state index in [1.54, 1.807) is 12.1 Å². The number of fused-ring (bicyclic) bond motifs is 3. The minimum absolute atomic E-state index is 0.0202. The van der Waals surface area contributed by atoms with Crippen molar-refractivity contribution in [1.29, 1.82) is 0 Å². The van der Waals surface area contributed by atoms with Gasteiger partial charge in [0, 0.05) is 35.4 Å². The highest BCUT2D eigenvalue weighted by Gasteiger charge is 2.21. The number of aliphatic hydroxyl groups is 1. The Morgan fingerprint density at radius 1 is 0.872 bits per heavy atom. The molecule has 1 heterocycles. The molecule has 0 aliphatic heterocycles. The molecule has 0 aliphatic carbocycles. The predicted molar refractivity (Wildman–Crippen MR) is 153 cm³/mol. The summed E-state index contributed by atoms with van der Waals surface area (Å²) < 4.78 is 39.4. The van der Waals surface area contributed by atoms with E-state index in [1.165, 1.54) is 18.5 Å². The topological polar surface area (TPSA) is 113 Å². The van der Waals surface area contributed by atoms with Crippen LogP contribution < -0.4 is 19.5 Å². The van der Waals surface area contributed by atoms with Gasteiger partial charge in [-0.25, -0.2) is 13.1 Å². The van der Waals surface area contributed by atoms with Gasteiger partial charge in [-0.2, -0.15) is 0 Å². The van der Waals surface area contributed by atoms with E-state index in [-0.39, 0.29) is 23.8 Å². The first-order chi connectivity index (χ1) is 18.9. The molecular formula is C30H31N3O5S. The molecule has 0 saturated heterocycles. The molecule has 1 atom stereocenters. The van der Waals surface area contributed by atoms with E-state index in [1.807, 2.05) is 66.7 Å². The van der Waals surface area contributed by atoms with Crippen molar-refractivity contribution >= 4 is 31.8 Å². The Labute approximate surface area is 227 Å². The summed E-state index contributed by atoms with van der Waals surface area (Å²) in [6.45, 7) is 1.36. The van der Waals surface area contributed by atoms with Crippen molar-refractivity contribution in [1.82, 2.24) is 15.0 Å². The molecule has 0 radical (unpaired) electrons. The number of rotatable bonds is 12. The summed E-state index contributed by atoms with van der Waals surface area (Å²) in [5.41, 5.74) is 3.48. The first kappa shape index (κ1) is 26.7. The zero-order chi connectivity index (χ0) is 27.2. The van der Waals surface area contributed by atoms with Crippen LogP contribution in [-0.2, 0) is 16.6 Å². The fraction of sp³-hybridized carbons (Fsp3) is 0.200. The van der Waals surface area contributed by atoms with Crippen LogP contribution in [0.5, 0.6) is 11.5 Å². The molecule has 1 unspecified atom stereocenters. The molecule has 0 saturated carbocycles. The van der Waals surface area contributed by atoms with Crippen molar-refractivity contribution in [3.63, 3.8) is 0 Å². The minimum Gasteiger partial charge on any atom is -0.492 e. The van der Waals surface area contributed by atoms with Crippen LogP contribution in [0.2, 0.25) is 0 Å². The number of ether oxygens (including phenoxy) is 2. The van der Waals surface area contributed by atoms with E-state index in [2.05, 4.69) is 21.1 Å². The first-order valence-corrected chi connectivity index (χ1v) is 14.2. The molecule has 0 bridgehead atoms. The summed E-state index contributed by atoms with van der Waals surface area (Å²) in [7, 11) is -2.46. The van der Waals surface area contributed by atoms with Crippen LogP contribution in [0, 0.1) is 0 Å². The molecule has 0 aliphatic rings. The monoisotopic (exact) mass is 545 g/mol. The summed E-state index contributed by atoms with van der Waals surface area (Å²) in [6.07, 6.45) is -0.915. The number of aromatic amines is 1. The lowest BCUT2D eigenvalue weighted by Gasteiger charge is -2.17. The maximum atomic E-state index is 12.7. The largest absolute Gasteiger partial charge is 0.492 e. The second-order valence-corrected chi connectivity index (χ2v) is 11.0. The smallest absolute Gasteiger partial charge is 0.244 e. The molecule has 5 aromatic rings. The van der Waals surface area contributed by atoms with Crippen LogP contribution in [0.25, 0.3) is 21.8 Å². The Kier molecular flexibility index (Phi) is 8.13. The van der Waals surface area contributed by atoms with Gasteiger partial charge in [0.15, 0.2) is 0 Å². The lowest BCUT2D eigenvalue weighted by molar-refractivity contribution is 0.171. The second kappa shape index (κ2) is 11.9. The number of aromatic nitrogens is 1. The Morgan fingerprint density at radius 3 is 2.46 bits per heavy atom. The van der Waals surface area contributed by atoms with Gasteiger partial charge in [-0.05, 0) is 48.5 Å². The van der Waals surface area contributed by atoms with Gasteiger partial charge >= 0.3 is 0 Å². The molecule has 0 amide bonds. The van der Waals surface area contributed by atoms with Gasteiger partial charge in [-0.1, -0.05) is 54.6 Å². The SMILES string of the molecule is CNS(=O)(=O)c1cc(C(O)CNCCOc2ccc3c(c2)[nH]c2ccccc23)ccc1OCc1ccccc1. The molecule has 4 aromatic carbocycles. The van der Waals surface area contributed by atoms with Crippen molar-refractivity contribution in [2.75, 3.05) is 26.7 Å². The average molecular weight is 546 g/mol. The molecule has 4 N–H and O–H groups in total.